The first-order chi connectivity index (χ1) is 9.15. The molecule has 0 amide bonds. The maximum absolute atomic E-state index is 12.2. The van der Waals surface area contributed by atoms with Crippen LogP contribution in [-0.2, 0) is 14.3 Å². The van der Waals surface area contributed by atoms with Gasteiger partial charge in [0.15, 0.2) is 11.5 Å². The van der Waals surface area contributed by atoms with Crippen LogP contribution in [0.3, 0.4) is 0 Å². The summed E-state index contributed by atoms with van der Waals surface area (Å²) in [6.45, 7) is 2.04. The highest BCUT2D eigenvalue weighted by atomic mass is 16.5. The first-order valence-electron chi connectivity index (χ1n) is 6.54. The van der Waals surface area contributed by atoms with Crippen molar-refractivity contribution in [2.75, 3.05) is 7.11 Å². The number of carbonyl (C=O) groups is 2. The highest BCUT2D eigenvalue weighted by molar-refractivity contribution is 6.11. The van der Waals surface area contributed by atoms with E-state index >= 15 is 0 Å². The fraction of sp³-hybridized carbons (Fsp3) is 0.375. The fourth-order valence-corrected chi connectivity index (χ4v) is 3.52. The van der Waals surface area contributed by atoms with Gasteiger partial charge in [-0.15, -0.1) is 0 Å². The van der Waals surface area contributed by atoms with Crippen LogP contribution in [0.15, 0.2) is 42.2 Å². The summed E-state index contributed by atoms with van der Waals surface area (Å²) >= 11 is 0. The number of Topliss-reactive ketones (excluding diaryl/α,β-unsaturated/α-hetero) is 1. The van der Waals surface area contributed by atoms with Crippen molar-refractivity contribution >= 4 is 11.6 Å². The largest absolute Gasteiger partial charge is 0.493 e. The van der Waals surface area contributed by atoms with Gasteiger partial charge in [0.25, 0.3) is 0 Å². The third kappa shape index (κ3) is 1.65. The lowest BCUT2D eigenvalue weighted by Gasteiger charge is -2.50. The molecule has 0 spiro atoms. The second-order valence-corrected chi connectivity index (χ2v) is 5.33. The summed E-state index contributed by atoms with van der Waals surface area (Å²) in [6.07, 6.45) is 1.37. The van der Waals surface area contributed by atoms with E-state index in [1.54, 1.807) is 0 Å². The van der Waals surface area contributed by atoms with Gasteiger partial charge in [-0.1, -0.05) is 37.3 Å². The van der Waals surface area contributed by atoms with Crippen molar-refractivity contribution < 1.29 is 14.3 Å². The molecule has 0 N–H and O–H groups in total. The highest BCUT2D eigenvalue weighted by Gasteiger charge is 2.57. The molecular formula is C16H16O3. The van der Waals surface area contributed by atoms with E-state index in [4.69, 9.17) is 4.74 Å². The third-order valence-corrected chi connectivity index (χ3v) is 4.46. The Balaban J connectivity index is 1.96. The maximum Gasteiger partial charge on any atom is 0.201 e. The van der Waals surface area contributed by atoms with Crippen LogP contribution < -0.4 is 0 Å². The molecule has 19 heavy (non-hydrogen) atoms. The molecule has 1 aromatic rings. The lowest BCUT2D eigenvalue weighted by atomic mass is 9.51. The van der Waals surface area contributed by atoms with E-state index in [2.05, 4.69) is 0 Å². The molecule has 1 aromatic carbocycles. The Morgan fingerprint density at radius 3 is 2.32 bits per heavy atom. The number of methoxy groups -OCH3 is 1. The normalized spacial score (nSPS) is 33.3. The number of allylic oxidation sites excluding steroid dienone is 2. The van der Waals surface area contributed by atoms with Crippen LogP contribution >= 0.6 is 0 Å². The molecule has 1 saturated carbocycles. The Morgan fingerprint density at radius 1 is 1.00 bits per heavy atom. The Bertz CT molecular complexity index is 559. The number of ether oxygens (including phenoxy) is 1. The van der Waals surface area contributed by atoms with Crippen molar-refractivity contribution in [1.29, 1.82) is 0 Å². The van der Waals surface area contributed by atoms with Gasteiger partial charge in [0.05, 0.1) is 7.11 Å². The van der Waals surface area contributed by atoms with Gasteiger partial charge in [0.2, 0.25) is 5.78 Å². The molecule has 3 nitrogen and oxygen atoms in total. The molecular weight excluding hydrogens is 240 g/mol. The molecule has 0 aromatic heterocycles. The molecule has 4 atom stereocenters. The molecule has 2 aliphatic rings. The molecule has 2 aliphatic carbocycles. The molecule has 0 saturated heterocycles. The van der Waals surface area contributed by atoms with Crippen molar-refractivity contribution in [2.24, 2.45) is 17.8 Å². The van der Waals surface area contributed by atoms with E-state index < -0.39 is 0 Å². The number of fused-ring (bicyclic) bond motifs is 1. The van der Waals surface area contributed by atoms with Gasteiger partial charge in [0.1, 0.15) is 0 Å². The van der Waals surface area contributed by atoms with Crippen molar-refractivity contribution in [3.05, 3.63) is 47.7 Å². The van der Waals surface area contributed by atoms with Crippen molar-refractivity contribution in [3.8, 4) is 0 Å². The molecule has 0 aliphatic heterocycles. The van der Waals surface area contributed by atoms with E-state index in [0.717, 1.165) is 5.56 Å². The van der Waals surface area contributed by atoms with E-state index in [1.165, 1.54) is 13.2 Å². The summed E-state index contributed by atoms with van der Waals surface area (Å²) < 4.78 is 5.01. The first kappa shape index (κ1) is 12.2. The molecule has 0 bridgehead atoms. The molecule has 0 heterocycles. The second-order valence-electron chi connectivity index (χ2n) is 5.33. The van der Waals surface area contributed by atoms with Gasteiger partial charge in [-0.2, -0.15) is 0 Å². The van der Waals surface area contributed by atoms with Gasteiger partial charge >= 0.3 is 0 Å². The van der Waals surface area contributed by atoms with Crippen molar-refractivity contribution in [2.45, 2.75) is 12.8 Å². The topological polar surface area (TPSA) is 43.4 Å². The number of carbonyl (C=O) groups excluding carboxylic acids is 2. The summed E-state index contributed by atoms with van der Waals surface area (Å²) in [4.78, 5) is 24.4. The van der Waals surface area contributed by atoms with E-state index in [-0.39, 0.29) is 41.0 Å². The minimum Gasteiger partial charge on any atom is -0.493 e. The average molecular weight is 256 g/mol. The summed E-state index contributed by atoms with van der Waals surface area (Å²) in [5.74, 6) is 0.131. The number of rotatable bonds is 2. The van der Waals surface area contributed by atoms with Crippen LogP contribution in [0.2, 0.25) is 0 Å². The van der Waals surface area contributed by atoms with Gasteiger partial charge in [0, 0.05) is 17.9 Å². The smallest absolute Gasteiger partial charge is 0.201 e. The van der Waals surface area contributed by atoms with Crippen LogP contribution in [0.5, 0.6) is 0 Å². The van der Waals surface area contributed by atoms with Crippen molar-refractivity contribution in [1.82, 2.24) is 0 Å². The molecule has 1 fully saturated rings. The van der Waals surface area contributed by atoms with Crippen LogP contribution in [0, 0.1) is 17.8 Å². The van der Waals surface area contributed by atoms with E-state index in [1.807, 2.05) is 37.3 Å². The van der Waals surface area contributed by atoms with Gasteiger partial charge in [-0.25, -0.2) is 0 Å². The second kappa shape index (κ2) is 4.34. The van der Waals surface area contributed by atoms with Crippen LogP contribution in [-0.4, -0.2) is 18.7 Å². The van der Waals surface area contributed by atoms with Gasteiger partial charge in [-0.05, 0) is 17.4 Å². The van der Waals surface area contributed by atoms with Crippen LogP contribution in [0.25, 0.3) is 0 Å². The third-order valence-electron chi connectivity index (χ3n) is 4.46. The Hall–Kier alpha value is -1.90. The van der Waals surface area contributed by atoms with Gasteiger partial charge in [-0.3, -0.25) is 9.59 Å². The molecule has 3 rings (SSSR count). The molecule has 3 heteroatoms. The Morgan fingerprint density at radius 2 is 1.68 bits per heavy atom. The van der Waals surface area contributed by atoms with Crippen molar-refractivity contribution in [3.63, 3.8) is 0 Å². The van der Waals surface area contributed by atoms with E-state index in [0.29, 0.717) is 0 Å². The standard InChI is InChI=1S/C16H16O3/c1-9-13(10-6-4-3-5-7-10)15-11(17)8-12(19-2)16(18)14(9)15/h3-9,13-15H,1-2H3/t9-,13+,14?,15?/m1/s1. The number of hydrogen-bond acceptors (Lipinski definition) is 3. The minimum absolute atomic E-state index is 0.0215. The summed E-state index contributed by atoms with van der Waals surface area (Å²) in [7, 11) is 1.44. The number of benzene rings is 1. The quantitative estimate of drug-likeness (QED) is 0.815. The maximum atomic E-state index is 12.2. The monoisotopic (exact) mass is 256 g/mol. The lowest BCUT2D eigenvalue weighted by molar-refractivity contribution is -0.144. The van der Waals surface area contributed by atoms with E-state index in [9.17, 15) is 9.59 Å². The zero-order valence-electron chi connectivity index (χ0n) is 11.0. The average Bonchev–Trinajstić information content (AvgIpc) is 2.42. The molecule has 2 unspecified atom stereocenters. The summed E-state index contributed by atoms with van der Waals surface area (Å²) in [5.41, 5.74) is 1.15. The zero-order valence-corrected chi connectivity index (χ0v) is 11.0. The predicted octanol–water partition coefficient (Wildman–Crippen LogP) is 2.33. The predicted molar refractivity (Wildman–Crippen MR) is 70.4 cm³/mol. The Labute approximate surface area is 112 Å². The molecule has 98 valence electrons. The fourth-order valence-electron chi connectivity index (χ4n) is 3.52. The summed E-state index contributed by atoms with van der Waals surface area (Å²) in [5, 5.41) is 0. The lowest BCUT2D eigenvalue weighted by Crippen LogP contribution is -2.53. The minimum atomic E-state index is -0.211. The summed E-state index contributed by atoms with van der Waals surface area (Å²) in [6, 6.07) is 9.97. The molecule has 0 radical (unpaired) electrons. The van der Waals surface area contributed by atoms with Crippen LogP contribution in [0.4, 0.5) is 0 Å². The SMILES string of the molecule is COC1=CC(=O)C2C(C1=O)[C@H](C)[C@H]2c1ccccc1. The first-order valence-corrected chi connectivity index (χ1v) is 6.54. The number of hydrogen-bond donors (Lipinski definition) is 0. The highest BCUT2D eigenvalue weighted by Crippen LogP contribution is 2.55. The zero-order chi connectivity index (χ0) is 13.6. The Kier molecular flexibility index (Phi) is 2.77. The van der Waals surface area contributed by atoms with Gasteiger partial charge < -0.3 is 4.74 Å². The van der Waals surface area contributed by atoms with Crippen LogP contribution in [0.1, 0.15) is 18.4 Å². The number of ketones is 2.